The Balaban J connectivity index is 2.21. The van der Waals surface area contributed by atoms with Crippen LogP contribution in [0.4, 0.5) is 5.69 Å². The SMILES string of the molecule is CC(=O)Nc1ccccc1OC(CN)c1ccc(C)o1. The van der Waals surface area contributed by atoms with Crippen LogP contribution < -0.4 is 15.8 Å². The van der Waals surface area contributed by atoms with Gasteiger partial charge in [0.25, 0.3) is 0 Å². The molecule has 2 rings (SSSR count). The van der Waals surface area contributed by atoms with Gasteiger partial charge in [0, 0.05) is 13.5 Å². The number of furan rings is 1. The number of para-hydroxylation sites is 2. The lowest BCUT2D eigenvalue weighted by Gasteiger charge is -2.18. The molecule has 106 valence electrons. The van der Waals surface area contributed by atoms with Crippen LogP contribution in [0.1, 0.15) is 24.5 Å². The minimum absolute atomic E-state index is 0.154. The standard InChI is InChI=1S/C15H18N2O3/c1-10-7-8-14(19-10)15(9-16)20-13-6-4-3-5-12(13)17-11(2)18/h3-8,15H,9,16H2,1-2H3,(H,17,18). The van der Waals surface area contributed by atoms with Crippen LogP contribution in [0.2, 0.25) is 0 Å². The first-order valence-electron chi connectivity index (χ1n) is 6.40. The minimum atomic E-state index is -0.390. The fourth-order valence-electron chi connectivity index (χ4n) is 1.86. The van der Waals surface area contributed by atoms with Crippen molar-refractivity contribution in [3.8, 4) is 5.75 Å². The van der Waals surface area contributed by atoms with Crippen molar-refractivity contribution in [3.05, 3.63) is 47.9 Å². The van der Waals surface area contributed by atoms with Gasteiger partial charge in [-0.25, -0.2) is 0 Å². The molecule has 0 saturated heterocycles. The lowest BCUT2D eigenvalue weighted by atomic mass is 10.2. The van der Waals surface area contributed by atoms with Gasteiger partial charge in [0.05, 0.1) is 5.69 Å². The number of anilines is 1. The summed E-state index contributed by atoms with van der Waals surface area (Å²) >= 11 is 0. The van der Waals surface area contributed by atoms with Gasteiger partial charge in [0.2, 0.25) is 5.91 Å². The van der Waals surface area contributed by atoms with Crippen LogP contribution in [0.25, 0.3) is 0 Å². The molecule has 0 bridgehead atoms. The van der Waals surface area contributed by atoms with Gasteiger partial charge in [-0.05, 0) is 31.2 Å². The molecule has 0 aliphatic heterocycles. The molecule has 1 amide bonds. The molecule has 1 heterocycles. The zero-order valence-electron chi connectivity index (χ0n) is 11.6. The molecule has 0 aliphatic rings. The number of carbonyl (C=O) groups excluding carboxylic acids is 1. The summed E-state index contributed by atoms with van der Waals surface area (Å²) in [7, 11) is 0. The van der Waals surface area contributed by atoms with E-state index in [0.29, 0.717) is 17.2 Å². The van der Waals surface area contributed by atoms with Crippen LogP contribution in [0.15, 0.2) is 40.8 Å². The molecule has 0 radical (unpaired) electrons. The van der Waals surface area contributed by atoms with Crippen molar-refractivity contribution in [2.75, 3.05) is 11.9 Å². The second-order valence-corrected chi connectivity index (χ2v) is 4.47. The number of ether oxygens (including phenoxy) is 1. The Kier molecular flexibility index (Phi) is 4.42. The molecule has 0 fully saturated rings. The summed E-state index contributed by atoms with van der Waals surface area (Å²) in [5.41, 5.74) is 6.35. The summed E-state index contributed by atoms with van der Waals surface area (Å²) in [5, 5.41) is 2.72. The first-order chi connectivity index (χ1) is 9.60. The number of carbonyl (C=O) groups is 1. The van der Waals surface area contributed by atoms with Gasteiger partial charge in [-0.2, -0.15) is 0 Å². The molecule has 2 aromatic rings. The number of nitrogens with two attached hydrogens (primary N) is 1. The topological polar surface area (TPSA) is 77.5 Å². The highest BCUT2D eigenvalue weighted by Gasteiger charge is 2.17. The third kappa shape index (κ3) is 3.39. The molecule has 0 spiro atoms. The van der Waals surface area contributed by atoms with E-state index in [2.05, 4.69) is 5.32 Å². The van der Waals surface area contributed by atoms with E-state index in [4.69, 9.17) is 14.9 Å². The van der Waals surface area contributed by atoms with Crippen LogP contribution >= 0.6 is 0 Å². The maximum absolute atomic E-state index is 11.2. The second kappa shape index (κ2) is 6.25. The molecule has 0 saturated carbocycles. The number of benzene rings is 1. The van der Waals surface area contributed by atoms with Crippen molar-refractivity contribution >= 4 is 11.6 Å². The summed E-state index contributed by atoms with van der Waals surface area (Å²) in [6.07, 6.45) is -0.390. The monoisotopic (exact) mass is 274 g/mol. The Bertz CT molecular complexity index is 592. The Morgan fingerprint density at radius 3 is 2.70 bits per heavy atom. The first kappa shape index (κ1) is 14.1. The molecule has 5 heteroatoms. The number of amides is 1. The number of rotatable bonds is 5. The fourth-order valence-corrected chi connectivity index (χ4v) is 1.86. The maximum Gasteiger partial charge on any atom is 0.221 e. The lowest BCUT2D eigenvalue weighted by Crippen LogP contribution is -2.19. The Hall–Kier alpha value is -2.27. The molecule has 1 aromatic heterocycles. The summed E-state index contributed by atoms with van der Waals surface area (Å²) < 4.78 is 11.4. The van der Waals surface area contributed by atoms with Crippen LogP contribution in [0.3, 0.4) is 0 Å². The van der Waals surface area contributed by atoms with Gasteiger partial charge in [-0.3, -0.25) is 4.79 Å². The van der Waals surface area contributed by atoms with Crippen molar-refractivity contribution in [1.29, 1.82) is 0 Å². The number of hydrogen-bond donors (Lipinski definition) is 2. The normalized spacial score (nSPS) is 11.9. The van der Waals surface area contributed by atoms with Crippen LogP contribution in [0, 0.1) is 6.92 Å². The quantitative estimate of drug-likeness (QED) is 0.878. The average Bonchev–Trinajstić information content (AvgIpc) is 2.83. The Morgan fingerprint density at radius 1 is 1.35 bits per heavy atom. The molecular weight excluding hydrogens is 256 g/mol. The zero-order chi connectivity index (χ0) is 14.5. The van der Waals surface area contributed by atoms with Gasteiger partial charge in [0.1, 0.15) is 17.3 Å². The molecular formula is C15H18N2O3. The van der Waals surface area contributed by atoms with Crippen LogP contribution in [-0.2, 0) is 4.79 Å². The zero-order valence-corrected chi connectivity index (χ0v) is 11.6. The summed E-state index contributed by atoms with van der Waals surface area (Å²) in [6.45, 7) is 3.59. The van der Waals surface area contributed by atoms with E-state index >= 15 is 0 Å². The summed E-state index contributed by atoms with van der Waals surface area (Å²) in [5.74, 6) is 1.88. The van der Waals surface area contributed by atoms with Gasteiger partial charge in [0.15, 0.2) is 6.10 Å². The van der Waals surface area contributed by atoms with E-state index in [1.165, 1.54) is 6.92 Å². The van der Waals surface area contributed by atoms with E-state index in [1.54, 1.807) is 12.1 Å². The van der Waals surface area contributed by atoms with E-state index in [9.17, 15) is 4.79 Å². The predicted molar refractivity (Wildman–Crippen MR) is 76.6 cm³/mol. The van der Waals surface area contributed by atoms with Gasteiger partial charge < -0.3 is 20.2 Å². The largest absolute Gasteiger partial charge is 0.479 e. The molecule has 0 aliphatic carbocycles. The van der Waals surface area contributed by atoms with Crippen molar-refractivity contribution in [2.45, 2.75) is 20.0 Å². The molecule has 1 aromatic carbocycles. The Labute approximate surface area is 117 Å². The molecule has 5 nitrogen and oxygen atoms in total. The van der Waals surface area contributed by atoms with Crippen LogP contribution in [0.5, 0.6) is 5.75 Å². The molecule has 1 unspecified atom stereocenters. The summed E-state index contributed by atoms with van der Waals surface area (Å²) in [6, 6.07) is 10.9. The summed E-state index contributed by atoms with van der Waals surface area (Å²) in [4.78, 5) is 11.2. The van der Waals surface area contributed by atoms with Crippen LogP contribution in [-0.4, -0.2) is 12.5 Å². The van der Waals surface area contributed by atoms with Crippen molar-refractivity contribution < 1.29 is 13.9 Å². The first-order valence-corrected chi connectivity index (χ1v) is 6.40. The highest BCUT2D eigenvalue weighted by Crippen LogP contribution is 2.29. The smallest absolute Gasteiger partial charge is 0.221 e. The Morgan fingerprint density at radius 2 is 2.10 bits per heavy atom. The average molecular weight is 274 g/mol. The number of hydrogen-bond acceptors (Lipinski definition) is 4. The predicted octanol–water partition coefficient (Wildman–Crippen LogP) is 2.63. The van der Waals surface area contributed by atoms with E-state index in [-0.39, 0.29) is 12.5 Å². The molecule has 3 N–H and O–H groups in total. The number of aryl methyl sites for hydroxylation is 1. The minimum Gasteiger partial charge on any atom is -0.479 e. The van der Waals surface area contributed by atoms with Crippen molar-refractivity contribution in [1.82, 2.24) is 0 Å². The van der Waals surface area contributed by atoms with E-state index in [0.717, 1.165) is 5.76 Å². The lowest BCUT2D eigenvalue weighted by molar-refractivity contribution is -0.114. The van der Waals surface area contributed by atoms with E-state index in [1.807, 2.05) is 31.2 Å². The van der Waals surface area contributed by atoms with Gasteiger partial charge in [-0.15, -0.1) is 0 Å². The van der Waals surface area contributed by atoms with Crippen molar-refractivity contribution in [2.24, 2.45) is 5.73 Å². The van der Waals surface area contributed by atoms with Crippen molar-refractivity contribution in [3.63, 3.8) is 0 Å². The molecule has 20 heavy (non-hydrogen) atoms. The van der Waals surface area contributed by atoms with E-state index < -0.39 is 6.10 Å². The molecule has 1 atom stereocenters. The van der Waals surface area contributed by atoms with Gasteiger partial charge in [-0.1, -0.05) is 12.1 Å². The highest BCUT2D eigenvalue weighted by molar-refractivity contribution is 5.90. The fraction of sp³-hybridized carbons (Fsp3) is 0.267. The second-order valence-electron chi connectivity index (χ2n) is 4.47. The van der Waals surface area contributed by atoms with Gasteiger partial charge >= 0.3 is 0 Å². The third-order valence-electron chi connectivity index (χ3n) is 2.76. The maximum atomic E-state index is 11.2. The number of nitrogens with one attached hydrogen (secondary N) is 1. The highest BCUT2D eigenvalue weighted by atomic mass is 16.5. The third-order valence-corrected chi connectivity index (χ3v) is 2.76.